The van der Waals surface area contributed by atoms with E-state index in [1.54, 1.807) is 10.9 Å². The van der Waals surface area contributed by atoms with Gasteiger partial charge in [0.05, 0.1) is 20.0 Å². The van der Waals surface area contributed by atoms with E-state index in [-0.39, 0.29) is 12.6 Å². The molecule has 2 rings (SSSR count). The lowest BCUT2D eigenvalue weighted by Gasteiger charge is -2.02. The molecule has 80 valence electrons. The van der Waals surface area contributed by atoms with Crippen LogP contribution in [0.2, 0.25) is 0 Å². The second kappa shape index (κ2) is 3.70. The molecule has 0 aliphatic rings. The number of aromatic nitrogens is 4. The Kier molecular flexibility index (Phi) is 2.38. The van der Waals surface area contributed by atoms with Crippen LogP contribution in [0.25, 0.3) is 11.2 Å². The summed E-state index contributed by atoms with van der Waals surface area (Å²) in [6.45, 7) is 0.424. The summed E-state index contributed by atoms with van der Waals surface area (Å²) in [4.78, 5) is 12.0. The maximum atomic E-state index is 8.84. The van der Waals surface area contributed by atoms with E-state index in [0.29, 0.717) is 23.6 Å². The molecular formula is C8H11N5O2. The second-order valence-corrected chi connectivity index (χ2v) is 2.92. The van der Waals surface area contributed by atoms with E-state index in [1.807, 2.05) is 0 Å². The Hall–Kier alpha value is -1.89. The van der Waals surface area contributed by atoms with Crippen LogP contribution in [0.4, 0.5) is 5.95 Å². The predicted molar refractivity (Wildman–Crippen MR) is 53.4 cm³/mol. The van der Waals surface area contributed by atoms with E-state index in [2.05, 4.69) is 15.0 Å². The molecule has 7 heteroatoms. The lowest BCUT2D eigenvalue weighted by Crippen LogP contribution is -2.04. The van der Waals surface area contributed by atoms with Crippen molar-refractivity contribution in [3.8, 4) is 5.88 Å². The Labute approximate surface area is 85.5 Å². The van der Waals surface area contributed by atoms with Gasteiger partial charge in [-0.25, -0.2) is 4.98 Å². The predicted octanol–water partition coefficient (Wildman–Crippen LogP) is -0.591. The lowest BCUT2D eigenvalue weighted by atomic mass is 10.5. The summed E-state index contributed by atoms with van der Waals surface area (Å²) in [6.07, 6.45) is 1.57. The minimum atomic E-state index is 0.0116. The number of fused-ring (bicyclic) bond motifs is 1. The minimum absolute atomic E-state index is 0.0116. The van der Waals surface area contributed by atoms with Gasteiger partial charge in [0.15, 0.2) is 11.2 Å². The molecular weight excluding hydrogens is 198 g/mol. The van der Waals surface area contributed by atoms with E-state index in [9.17, 15) is 0 Å². The van der Waals surface area contributed by atoms with Crippen molar-refractivity contribution in [1.29, 1.82) is 0 Å². The Morgan fingerprint density at radius 1 is 1.53 bits per heavy atom. The van der Waals surface area contributed by atoms with Gasteiger partial charge >= 0.3 is 0 Å². The van der Waals surface area contributed by atoms with Gasteiger partial charge in [-0.1, -0.05) is 0 Å². The highest BCUT2D eigenvalue weighted by atomic mass is 16.5. The zero-order chi connectivity index (χ0) is 10.8. The van der Waals surface area contributed by atoms with Crippen molar-refractivity contribution in [3.63, 3.8) is 0 Å². The van der Waals surface area contributed by atoms with Gasteiger partial charge in [-0.3, -0.25) is 0 Å². The molecule has 2 aromatic heterocycles. The molecule has 0 aliphatic heterocycles. The summed E-state index contributed by atoms with van der Waals surface area (Å²) in [7, 11) is 1.49. The quantitative estimate of drug-likeness (QED) is 0.701. The first-order valence-corrected chi connectivity index (χ1v) is 4.39. The number of aliphatic hydroxyl groups excluding tert-OH is 1. The average Bonchev–Trinajstić information content (AvgIpc) is 2.61. The molecule has 0 fully saturated rings. The van der Waals surface area contributed by atoms with Crippen molar-refractivity contribution < 1.29 is 9.84 Å². The van der Waals surface area contributed by atoms with Crippen LogP contribution in [0, 0.1) is 0 Å². The molecule has 0 amide bonds. The van der Waals surface area contributed by atoms with Crippen LogP contribution < -0.4 is 10.5 Å². The number of imidazole rings is 1. The SMILES string of the molecule is COc1nc(N)nc2c1ncn2CCO. The summed E-state index contributed by atoms with van der Waals surface area (Å²) in [5, 5.41) is 8.84. The van der Waals surface area contributed by atoms with E-state index in [1.165, 1.54) is 7.11 Å². The number of hydrogen-bond donors (Lipinski definition) is 2. The van der Waals surface area contributed by atoms with Crippen molar-refractivity contribution in [3.05, 3.63) is 6.33 Å². The second-order valence-electron chi connectivity index (χ2n) is 2.92. The summed E-state index contributed by atoms with van der Waals surface area (Å²) >= 11 is 0. The van der Waals surface area contributed by atoms with Crippen molar-refractivity contribution in [2.75, 3.05) is 19.5 Å². The summed E-state index contributed by atoms with van der Waals surface area (Å²) < 4.78 is 6.72. The van der Waals surface area contributed by atoms with E-state index >= 15 is 0 Å². The van der Waals surface area contributed by atoms with Crippen molar-refractivity contribution in [1.82, 2.24) is 19.5 Å². The molecule has 7 nitrogen and oxygen atoms in total. The highest BCUT2D eigenvalue weighted by Gasteiger charge is 2.11. The Morgan fingerprint density at radius 2 is 2.33 bits per heavy atom. The Bertz CT molecular complexity index is 481. The number of aliphatic hydroxyl groups is 1. The molecule has 0 aromatic carbocycles. The van der Waals surface area contributed by atoms with Crippen LogP contribution in [-0.2, 0) is 6.54 Å². The molecule has 0 spiro atoms. The molecule has 0 unspecified atom stereocenters. The van der Waals surface area contributed by atoms with Gasteiger partial charge in [0.25, 0.3) is 0 Å². The maximum Gasteiger partial charge on any atom is 0.246 e. The third-order valence-corrected chi connectivity index (χ3v) is 1.98. The third-order valence-electron chi connectivity index (χ3n) is 1.98. The molecule has 0 saturated heterocycles. The highest BCUT2D eigenvalue weighted by Crippen LogP contribution is 2.20. The monoisotopic (exact) mass is 209 g/mol. The number of nitrogens with zero attached hydrogens (tertiary/aromatic N) is 4. The fraction of sp³-hybridized carbons (Fsp3) is 0.375. The maximum absolute atomic E-state index is 8.84. The Morgan fingerprint density at radius 3 is 3.00 bits per heavy atom. The fourth-order valence-electron chi connectivity index (χ4n) is 1.35. The molecule has 15 heavy (non-hydrogen) atoms. The normalized spacial score (nSPS) is 10.8. The van der Waals surface area contributed by atoms with Crippen LogP contribution in [0.5, 0.6) is 5.88 Å². The van der Waals surface area contributed by atoms with Crippen molar-refractivity contribution in [2.45, 2.75) is 6.54 Å². The van der Waals surface area contributed by atoms with Gasteiger partial charge in [-0.15, -0.1) is 0 Å². The molecule has 0 atom stereocenters. The molecule has 0 bridgehead atoms. The number of methoxy groups -OCH3 is 1. The first-order chi connectivity index (χ1) is 7.26. The van der Waals surface area contributed by atoms with E-state index in [0.717, 1.165) is 0 Å². The summed E-state index contributed by atoms with van der Waals surface area (Å²) in [5.41, 5.74) is 6.62. The van der Waals surface area contributed by atoms with Crippen LogP contribution in [0.3, 0.4) is 0 Å². The number of nitrogens with two attached hydrogens (primary N) is 1. The van der Waals surface area contributed by atoms with Crippen molar-refractivity contribution >= 4 is 17.1 Å². The zero-order valence-electron chi connectivity index (χ0n) is 8.21. The van der Waals surface area contributed by atoms with E-state index in [4.69, 9.17) is 15.6 Å². The number of nitrogen functional groups attached to an aromatic ring is 1. The highest BCUT2D eigenvalue weighted by molar-refractivity contribution is 5.77. The molecule has 3 N–H and O–H groups in total. The largest absolute Gasteiger partial charge is 0.479 e. The first kappa shape index (κ1) is 9.66. The summed E-state index contributed by atoms with van der Waals surface area (Å²) in [6, 6.07) is 0. The van der Waals surface area contributed by atoms with E-state index < -0.39 is 0 Å². The van der Waals surface area contributed by atoms with Crippen LogP contribution >= 0.6 is 0 Å². The van der Waals surface area contributed by atoms with Gasteiger partial charge in [-0.05, 0) is 0 Å². The van der Waals surface area contributed by atoms with Crippen molar-refractivity contribution in [2.24, 2.45) is 0 Å². The van der Waals surface area contributed by atoms with Gasteiger partial charge in [0.1, 0.15) is 0 Å². The van der Waals surface area contributed by atoms with Gasteiger partial charge in [0.2, 0.25) is 11.8 Å². The average molecular weight is 209 g/mol. The number of rotatable bonds is 3. The van der Waals surface area contributed by atoms with Crippen LogP contribution in [0.1, 0.15) is 0 Å². The molecule has 0 aliphatic carbocycles. The van der Waals surface area contributed by atoms with Gasteiger partial charge in [0, 0.05) is 6.54 Å². The smallest absolute Gasteiger partial charge is 0.246 e. The zero-order valence-corrected chi connectivity index (χ0v) is 8.21. The first-order valence-electron chi connectivity index (χ1n) is 4.39. The third kappa shape index (κ3) is 1.57. The fourth-order valence-corrected chi connectivity index (χ4v) is 1.35. The Balaban J connectivity index is 2.64. The lowest BCUT2D eigenvalue weighted by molar-refractivity contribution is 0.277. The summed E-state index contributed by atoms with van der Waals surface area (Å²) in [5.74, 6) is 0.466. The molecule has 2 heterocycles. The molecule has 0 radical (unpaired) electrons. The van der Waals surface area contributed by atoms with Gasteiger partial charge < -0.3 is 20.1 Å². The topological polar surface area (TPSA) is 99.1 Å². The minimum Gasteiger partial charge on any atom is -0.479 e. The van der Waals surface area contributed by atoms with Gasteiger partial charge in [-0.2, -0.15) is 9.97 Å². The molecule has 2 aromatic rings. The number of ether oxygens (including phenoxy) is 1. The molecule has 0 saturated carbocycles. The number of hydrogen-bond acceptors (Lipinski definition) is 6. The standard InChI is InChI=1S/C8H11N5O2/c1-15-7-5-6(11-8(9)12-7)13(2-3-14)4-10-5/h4,14H,2-3H2,1H3,(H2,9,11,12). The van der Waals surface area contributed by atoms with Crippen LogP contribution in [-0.4, -0.2) is 38.3 Å². The number of anilines is 1. The van der Waals surface area contributed by atoms with Crippen LogP contribution in [0.15, 0.2) is 6.33 Å².